The lowest BCUT2D eigenvalue weighted by molar-refractivity contribution is 0.0696. The fourth-order valence-electron chi connectivity index (χ4n) is 6.68. The first-order chi connectivity index (χ1) is 20.5. The van der Waals surface area contributed by atoms with Crippen molar-refractivity contribution in [2.75, 3.05) is 32.7 Å². The van der Waals surface area contributed by atoms with Gasteiger partial charge in [0.1, 0.15) is 5.82 Å². The topological polar surface area (TPSA) is 78.7 Å². The van der Waals surface area contributed by atoms with Gasteiger partial charge in [0.15, 0.2) is 0 Å². The van der Waals surface area contributed by atoms with Crippen molar-refractivity contribution < 1.29 is 19.1 Å². The van der Waals surface area contributed by atoms with Crippen LogP contribution in [-0.2, 0) is 6.42 Å². The maximum absolute atomic E-state index is 14.0. The molecular formula is C34H37FN4O3. The number of allylic oxidation sites excluding steroid dienone is 4. The van der Waals surface area contributed by atoms with Crippen LogP contribution in [-0.4, -0.2) is 69.3 Å². The number of carboxylic acid groups (broad SMARTS) is 1. The van der Waals surface area contributed by atoms with Gasteiger partial charge in [-0.15, -0.1) is 0 Å². The molecule has 2 fully saturated rings. The van der Waals surface area contributed by atoms with Gasteiger partial charge < -0.3 is 14.9 Å². The number of likely N-dealkylation sites (tertiary alicyclic amines) is 2. The molecular weight excluding hydrogens is 531 g/mol. The van der Waals surface area contributed by atoms with E-state index in [2.05, 4.69) is 34.3 Å². The summed E-state index contributed by atoms with van der Waals surface area (Å²) in [6.07, 6.45) is 15.1. The molecule has 0 bridgehead atoms. The van der Waals surface area contributed by atoms with Gasteiger partial charge in [-0.25, -0.2) is 13.9 Å². The van der Waals surface area contributed by atoms with Gasteiger partial charge in [0.25, 0.3) is 5.91 Å². The third kappa shape index (κ3) is 6.09. The molecule has 2 aliphatic heterocycles. The van der Waals surface area contributed by atoms with E-state index < -0.39 is 5.97 Å². The normalized spacial score (nSPS) is 21.2. The van der Waals surface area contributed by atoms with Crippen LogP contribution in [0.15, 0.2) is 79.0 Å². The summed E-state index contributed by atoms with van der Waals surface area (Å²) in [5.41, 5.74) is 3.77. The molecule has 1 aliphatic carbocycles. The van der Waals surface area contributed by atoms with Crippen LogP contribution in [0.5, 0.6) is 0 Å². The van der Waals surface area contributed by atoms with Gasteiger partial charge in [0.05, 0.1) is 28.7 Å². The highest BCUT2D eigenvalue weighted by Crippen LogP contribution is 2.35. The second-order valence-electron chi connectivity index (χ2n) is 11.7. The fourth-order valence-corrected chi connectivity index (χ4v) is 6.68. The number of hydrogen-bond donors (Lipinski definition) is 1. The molecule has 8 heteroatoms. The van der Waals surface area contributed by atoms with E-state index in [4.69, 9.17) is 5.11 Å². The third-order valence-electron chi connectivity index (χ3n) is 9.13. The summed E-state index contributed by atoms with van der Waals surface area (Å²) in [6, 6.07) is 13.4. The summed E-state index contributed by atoms with van der Waals surface area (Å²) in [5, 5.41) is 13.8. The number of piperidine rings is 1. The van der Waals surface area contributed by atoms with Gasteiger partial charge in [-0.05, 0) is 99.0 Å². The summed E-state index contributed by atoms with van der Waals surface area (Å²) < 4.78 is 15.6. The van der Waals surface area contributed by atoms with Crippen LogP contribution in [0.4, 0.5) is 4.39 Å². The number of rotatable bonds is 8. The quantitative estimate of drug-likeness (QED) is 0.376. The Balaban J connectivity index is 1.16. The lowest BCUT2D eigenvalue weighted by Gasteiger charge is -2.33. The molecule has 0 spiro atoms. The van der Waals surface area contributed by atoms with E-state index >= 15 is 0 Å². The van der Waals surface area contributed by atoms with Crippen LogP contribution >= 0.6 is 0 Å². The number of carboxylic acids is 1. The summed E-state index contributed by atoms with van der Waals surface area (Å²) in [4.78, 5) is 29.5. The van der Waals surface area contributed by atoms with Crippen LogP contribution < -0.4 is 0 Å². The van der Waals surface area contributed by atoms with Crippen molar-refractivity contribution in [3.63, 3.8) is 0 Å². The van der Waals surface area contributed by atoms with Crippen molar-refractivity contribution in [1.29, 1.82) is 0 Å². The number of halogens is 1. The largest absolute Gasteiger partial charge is 0.478 e. The number of carbonyl (C=O) groups excluding carboxylic acids is 1. The van der Waals surface area contributed by atoms with Crippen LogP contribution in [0.1, 0.15) is 63.6 Å². The van der Waals surface area contributed by atoms with Crippen LogP contribution in [0.2, 0.25) is 0 Å². The zero-order valence-electron chi connectivity index (χ0n) is 23.7. The van der Waals surface area contributed by atoms with E-state index in [0.717, 1.165) is 81.8 Å². The summed E-state index contributed by atoms with van der Waals surface area (Å²) >= 11 is 0. The molecule has 7 nitrogen and oxygen atoms in total. The van der Waals surface area contributed by atoms with E-state index in [0.29, 0.717) is 23.0 Å². The van der Waals surface area contributed by atoms with Crippen LogP contribution in [0.25, 0.3) is 5.69 Å². The number of aromatic nitrogens is 2. The Morgan fingerprint density at radius 1 is 0.952 bits per heavy atom. The first-order valence-corrected chi connectivity index (χ1v) is 15.0. The maximum atomic E-state index is 14.0. The van der Waals surface area contributed by atoms with Gasteiger partial charge in [-0.2, -0.15) is 5.10 Å². The Hall–Kier alpha value is -4.04. The number of aromatic carboxylic acids is 1. The minimum atomic E-state index is -0.912. The molecule has 1 amide bonds. The molecule has 2 saturated heterocycles. The molecule has 2 atom stereocenters. The molecule has 6 rings (SSSR count). The van der Waals surface area contributed by atoms with Crippen molar-refractivity contribution >= 4 is 11.9 Å². The average molecular weight is 569 g/mol. The highest BCUT2D eigenvalue weighted by atomic mass is 19.1. The smallest absolute Gasteiger partial charge is 0.335 e. The van der Waals surface area contributed by atoms with Crippen molar-refractivity contribution in [1.82, 2.24) is 19.6 Å². The Labute approximate surface area is 245 Å². The minimum absolute atomic E-state index is 0.0448. The van der Waals surface area contributed by atoms with E-state index in [1.807, 2.05) is 21.7 Å². The molecule has 42 heavy (non-hydrogen) atoms. The number of amides is 1. The van der Waals surface area contributed by atoms with E-state index in [1.165, 1.54) is 12.1 Å². The lowest BCUT2D eigenvalue weighted by Crippen LogP contribution is -2.36. The van der Waals surface area contributed by atoms with Gasteiger partial charge >= 0.3 is 5.97 Å². The molecule has 1 aromatic heterocycles. The summed E-state index contributed by atoms with van der Waals surface area (Å²) in [6.45, 7) is 4.20. The van der Waals surface area contributed by atoms with Crippen molar-refractivity contribution in [3.05, 3.63) is 107 Å². The van der Waals surface area contributed by atoms with Crippen molar-refractivity contribution in [2.45, 2.75) is 38.0 Å². The monoisotopic (exact) mass is 568 g/mol. The van der Waals surface area contributed by atoms with Crippen molar-refractivity contribution in [3.8, 4) is 5.69 Å². The number of carbonyl (C=O) groups is 2. The van der Waals surface area contributed by atoms with Gasteiger partial charge in [-0.3, -0.25) is 4.79 Å². The molecule has 3 aliphatic rings. The Morgan fingerprint density at radius 3 is 2.40 bits per heavy atom. The minimum Gasteiger partial charge on any atom is -0.478 e. The van der Waals surface area contributed by atoms with E-state index in [9.17, 15) is 14.0 Å². The summed E-state index contributed by atoms with van der Waals surface area (Å²) in [7, 11) is 0. The molecule has 3 aromatic rings. The van der Waals surface area contributed by atoms with Crippen LogP contribution in [0, 0.1) is 17.7 Å². The Bertz CT molecular complexity index is 1470. The summed E-state index contributed by atoms with van der Waals surface area (Å²) in [5.74, 6) is -0.0621. The van der Waals surface area contributed by atoms with Gasteiger partial charge in [0.2, 0.25) is 0 Å². The van der Waals surface area contributed by atoms with Gasteiger partial charge in [-0.1, -0.05) is 36.4 Å². The number of hydrogen-bond acceptors (Lipinski definition) is 4. The highest BCUT2D eigenvalue weighted by molar-refractivity contribution is 5.95. The standard InChI is InChI=1S/C34H37FN4O3/c35-29-10-12-30(13-11-29)39-32(26-15-19-37(20-16-26)18-14-24-6-8-27(9-7-24)34(41)42)31(22-36-39)33(40)38-21-17-28(23-38)25-4-2-1-3-5-25/h1-4,6-13,22,25-26,28H,5,14-21,23H2,(H,41,42)/t25?,28-/m0/s1. The molecule has 3 heterocycles. The zero-order chi connectivity index (χ0) is 29.1. The molecule has 218 valence electrons. The second-order valence-corrected chi connectivity index (χ2v) is 11.7. The van der Waals surface area contributed by atoms with E-state index in [-0.39, 0.29) is 17.6 Å². The molecule has 0 radical (unpaired) electrons. The highest BCUT2D eigenvalue weighted by Gasteiger charge is 2.35. The first-order valence-electron chi connectivity index (χ1n) is 15.0. The lowest BCUT2D eigenvalue weighted by atomic mass is 9.86. The Morgan fingerprint density at radius 2 is 1.71 bits per heavy atom. The third-order valence-corrected chi connectivity index (χ3v) is 9.13. The van der Waals surface area contributed by atoms with E-state index in [1.54, 1.807) is 30.5 Å². The van der Waals surface area contributed by atoms with Crippen LogP contribution in [0.3, 0.4) is 0 Å². The van der Waals surface area contributed by atoms with Crippen molar-refractivity contribution in [2.24, 2.45) is 11.8 Å². The predicted molar refractivity (Wildman–Crippen MR) is 159 cm³/mol. The number of nitrogens with zero attached hydrogens (tertiary/aromatic N) is 4. The molecule has 1 unspecified atom stereocenters. The average Bonchev–Trinajstić information content (AvgIpc) is 3.70. The Kier molecular flexibility index (Phi) is 8.33. The number of benzene rings is 2. The predicted octanol–water partition coefficient (Wildman–Crippen LogP) is 5.73. The van der Waals surface area contributed by atoms with Gasteiger partial charge in [0, 0.05) is 25.6 Å². The SMILES string of the molecule is O=C(O)c1ccc(CCN2CCC(c3c(C(=O)N4CC[C@H](C5C=CC=CC5)C4)cnn3-c3ccc(F)cc3)CC2)cc1. The molecule has 0 saturated carbocycles. The maximum Gasteiger partial charge on any atom is 0.335 e. The fraction of sp³-hybridized carbons (Fsp3) is 0.382. The molecule has 2 aromatic carbocycles. The second kappa shape index (κ2) is 12.4. The zero-order valence-corrected chi connectivity index (χ0v) is 23.7. The first kappa shape index (κ1) is 28.1. The molecule has 1 N–H and O–H groups in total.